The van der Waals surface area contributed by atoms with E-state index in [2.05, 4.69) is 17.1 Å². The molecular formula is C9H8F6NP. The molecule has 0 aliphatic rings. The summed E-state index contributed by atoms with van der Waals surface area (Å²) in [5, 5.41) is 2.45. The van der Waals surface area contributed by atoms with Crippen LogP contribution >= 0.6 is 7.81 Å². The van der Waals surface area contributed by atoms with Crippen molar-refractivity contribution in [3.63, 3.8) is 0 Å². The maximum atomic E-state index is 9.87. The summed E-state index contributed by atoms with van der Waals surface area (Å²) in [5.74, 6) is 0. The predicted octanol–water partition coefficient (Wildman–Crippen LogP) is 5.73. The third kappa shape index (κ3) is 8.45. The molecule has 2 aromatic rings. The van der Waals surface area contributed by atoms with E-state index in [9.17, 15) is 25.2 Å². The standard InChI is InChI=1S/C9H7N.F6P/c1-2-4-9-7-10-6-5-8(9)3-1;1-7(2,3,4,5)6/h1-7H;/q;-1/p+1. The molecule has 8 heteroatoms. The number of hydrogen-bond acceptors (Lipinski definition) is 1. The van der Waals surface area contributed by atoms with Crippen LogP contribution in [0.3, 0.4) is 0 Å². The van der Waals surface area contributed by atoms with Crippen LogP contribution < -0.4 is 0 Å². The Bertz CT molecular complexity index is 449. The molecule has 0 aliphatic heterocycles. The molecule has 2 rings (SSSR count). The molecule has 0 radical (unpaired) electrons. The smallest absolute Gasteiger partial charge is 0.264 e. The number of benzene rings is 1. The van der Waals surface area contributed by atoms with Gasteiger partial charge in [0, 0.05) is 12.4 Å². The van der Waals surface area contributed by atoms with E-state index in [4.69, 9.17) is 0 Å². The molecule has 0 spiro atoms. The van der Waals surface area contributed by atoms with Crippen LogP contribution in [0, 0.1) is 0 Å². The molecule has 0 atom stereocenters. The van der Waals surface area contributed by atoms with Crippen molar-refractivity contribution in [2.24, 2.45) is 0 Å². The van der Waals surface area contributed by atoms with E-state index < -0.39 is 7.81 Å². The van der Waals surface area contributed by atoms with Gasteiger partial charge in [-0.3, -0.25) is 4.98 Å². The largest absolute Gasteiger partial charge is 1.00 e. The Hall–Kier alpha value is -1.36. The fourth-order valence-electron chi connectivity index (χ4n) is 1.03. The van der Waals surface area contributed by atoms with Gasteiger partial charge in [-0.1, -0.05) is 24.3 Å². The first-order valence-corrected chi connectivity index (χ1v) is 6.30. The van der Waals surface area contributed by atoms with Gasteiger partial charge in [-0.2, -0.15) is 0 Å². The summed E-state index contributed by atoms with van der Waals surface area (Å²) < 4.78 is 59.2. The molecule has 0 bridgehead atoms. The molecule has 0 aliphatic carbocycles. The Labute approximate surface area is 93.8 Å². The van der Waals surface area contributed by atoms with Crippen LogP contribution in [0.5, 0.6) is 0 Å². The second-order valence-corrected chi connectivity index (χ2v) is 5.10. The molecule has 0 unspecified atom stereocenters. The van der Waals surface area contributed by atoms with Crippen LogP contribution in [-0.2, 0) is 0 Å². The summed E-state index contributed by atoms with van der Waals surface area (Å²) in [4.78, 5) is 4.01. The van der Waals surface area contributed by atoms with E-state index in [1.807, 2.05) is 30.6 Å². The van der Waals surface area contributed by atoms with Crippen LogP contribution in [0.2, 0.25) is 0 Å². The van der Waals surface area contributed by atoms with E-state index in [1.165, 1.54) is 10.8 Å². The Morgan fingerprint density at radius 3 is 1.76 bits per heavy atom. The number of nitrogens with zero attached hydrogens (tertiary/aromatic N) is 1. The quantitative estimate of drug-likeness (QED) is 0.442. The van der Waals surface area contributed by atoms with Crippen molar-refractivity contribution in [3.05, 3.63) is 42.7 Å². The van der Waals surface area contributed by atoms with Gasteiger partial charge < -0.3 is 0 Å². The first-order valence-electron chi connectivity index (χ1n) is 4.27. The van der Waals surface area contributed by atoms with E-state index in [-0.39, 0.29) is 1.43 Å². The molecule has 0 fully saturated rings. The summed E-state index contributed by atoms with van der Waals surface area (Å²) in [6, 6.07) is 10.2. The zero-order valence-electron chi connectivity index (χ0n) is 9.20. The van der Waals surface area contributed by atoms with Crippen LogP contribution in [0.15, 0.2) is 42.7 Å². The minimum atomic E-state index is -10.7. The van der Waals surface area contributed by atoms with Gasteiger partial charge in [0.25, 0.3) is 0 Å². The molecule has 0 amide bonds. The van der Waals surface area contributed by atoms with Gasteiger partial charge in [-0.25, -0.2) is 0 Å². The number of hydrogen-bond donors (Lipinski definition) is 0. The summed E-state index contributed by atoms with van der Waals surface area (Å²) >= 11 is 0. The van der Waals surface area contributed by atoms with E-state index in [0.29, 0.717) is 0 Å². The van der Waals surface area contributed by atoms with Gasteiger partial charge >= 0.3 is 34.4 Å². The molecule has 1 heterocycles. The minimum Gasteiger partial charge on any atom is -0.264 e. The van der Waals surface area contributed by atoms with Crippen LogP contribution in [0.1, 0.15) is 1.43 Å². The molecular weight excluding hydrogens is 267 g/mol. The Balaban J connectivity index is 0.000000326. The number of aromatic nitrogens is 1. The Kier molecular flexibility index (Phi) is 2.87. The van der Waals surface area contributed by atoms with Crippen molar-refractivity contribution in [3.8, 4) is 0 Å². The molecule has 1 aromatic heterocycles. The Morgan fingerprint density at radius 1 is 0.824 bits per heavy atom. The topological polar surface area (TPSA) is 12.9 Å². The number of pyridine rings is 1. The number of fused-ring (bicyclic) bond motifs is 1. The van der Waals surface area contributed by atoms with E-state index >= 15 is 0 Å². The average molecular weight is 275 g/mol. The summed E-state index contributed by atoms with van der Waals surface area (Å²) in [5.41, 5.74) is 0. The molecule has 96 valence electrons. The number of rotatable bonds is 0. The molecule has 1 aromatic carbocycles. The van der Waals surface area contributed by atoms with Crippen molar-refractivity contribution < 1.29 is 26.6 Å². The molecule has 0 N–H and O–H groups in total. The molecule has 0 saturated heterocycles. The van der Waals surface area contributed by atoms with Crippen molar-refractivity contribution in [2.45, 2.75) is 0 Å². The monoisotopic (exact) mass is 275 g/mol. The summed E-state index contributed by atoms with van der Waals surface area (Å²) in [7, 11) is -10.7. The first-order chi connectivity index (χ1) is 7.42. The van der Waals surface area contributed by atoms with Gasteiger partial charge in [0.15, 0.2) is 0 Å². The minimum absolute atomic E-state index is 0. The number of halogens is 6. The fourth-order valence-corrected chi connectivity index (χ4v) is 1.03. The molecule has 1 nitrogen and oxygen atoms in total. The van der Waals surface area contributed by atoms with E-state index in [1.54, 1.807) is 0 Å². The van der Waals surface area contributed by atoms with Gasteiger partial charge in [0.2, 0.25) is 0 Å². The molecule has 0 saturated carbocycles. The SMILES string of the molecule is F[P-](F)(F)(F)(F)F.[H+].c1ccc2cnccc2c1. The van der Waals surface area contributed by atoms with Crippen LogP contribution in [-0.4, -0.2) is 4.98 Å². The zero-order valence-corrected chi connectivity index (χ0v) is 9.10. The van der Waals surface area contributed by atoms with Gasteiger partial charge in [0.05, 0.1) is 0 Å². The van der Waals surface area contributed by atoms with Gasteiger partial charge in [-0.15, -0.1) is 0 Å². The third-order valence-corrected chi connectivity index (χ3v) is 1.55. The average Bonchev–Trinajstić information content (AvgIpc) is 2.13. The Morgan fingerprint density at radius 2 is 1.29 bits per heavy atom. The summed E-state index contributed by atoms with van der Waals surface area (Å²) in [6.07, 6.45) is 3.68. The first kappa shape index (κ1) is 13.7. The van der Waals surface area contributed by atoms with Gasteiger partial charge in [-0.05, 0) is 16.8 Å². The summed E-state index contributed by atoms with van der Waals surface area (Å²) in [6.45, 7) is 0. The van der Waals surface area contributed by atoms with Crippen molar-refractivity contribution in [2.75, 3.05) is 0 Å². The van der Waals surface area contributed by atoms with Crippen molar-refractivity contribution in [1.29, 1.82) is 0 Å². The fraction of sp³-hybridized carbons (Fsp3) is 0. The molecule has 17 heavy (non-hydrogen) atoms. The normalized spacial score (nSPS) is 15.4. The van der Waals surface area contributed by atoms with Crippen molar-refractivity contribution >= 4 is 18.6 Å². The second-order valence-electron chi connectivity index (χ2n) is 3.18. The van der Waals surface area contributed by atoms with Crippen molar-refractivity contribution in [1.82, 2.24) is 4.98 Å². The predicted molar refractivity (Wildman–Crippen MR) is 56.4 cm³/mol. The van der Waals surface area contributed by atoms with Gasteiger partial charge in [0.1, 0.15) is 0 Å². The van der Waals surface area contributed by atoms with E-state index in [0.717, 1.165) is 0 Å². The van der Waals surface area contributed by atoms with Crippen LogP contribution in [0.25, 0.3) is 10.8 Å². The third-order valence-electron chi connectivity index (χ3n) is 1.55. The van der Waals surface area contributed by atoms with Crippen LogP contribution in [0.4, 0.5) is 25.2 Å². The maximum absolute atomic E-state index is 10.7. The maximum Gasteiger partial charge on any atom is 1.00 e. The second kappa shape index (κ2) is 3.57. The zero-order chi connectivity index (χ0) is 13.2.